The number of carbonyl (C=O) groups is 1. The van der Waals surface area contributed by atoms with Crippen LogP contribution in [0.4, 0.5) is 0 Å². The van der Waals surface area contributed by atoms with Crippen molar-refractivity contribution in [1.29, 1.82) is 0 Å². The Morgan fingerprint density at radius 2 is 1.81 bits per heavy atom. The van der Waals surface area contributed by atoms with Crippen LogP contribution < -0.4 is 0 Å². The van der Waals surface area contributed by atoms with Gasteiger partial charge in [0.2, 0.25) is 15.9 Å². The van der Waals surface area contributed by atoms with E-state index < -0.39 is 10.0 Å². The fourth-order valence-corrected chi connectivity index (χ4v) is 7.13. The van der Waals surface area contributed by atoms with Crippen molar-refractivity contribution in [2.75, 3.05) is 26.2 Å². The lowest BCUT2D eigenvalue weighted by atomic mass is 9.86. The fraction of sp³-hybridized carbons (Fsp3) is 0.632. The zero-order chi connectivity index (χ0) is 19.2. The standard InChI is InChI=1S/C19H24Cl2N2O3S/c20-16-3-4-17(21)18(12-16)27(25,26)23-7-5-22(6-8-23)19(24)11-15-10-13-1-2-14(15)9-13/h3-4,12-15H,1-2,5-11H2/t13-,14-,15-/m0/s1. The molecule has 27 heavy (non-hydrogen) atoms. The van der Waals surface area contributed by atoms with E-state index in [1.807, 2.05) is 4.90 Å². The van der Waals surface area contributed by atoms with Gasteiger partial charge in [-0.2, -0.15) is 4.31 Å². The van der Waals surface area contributed by atoms with Gasteiger partial charge >= 0.3 is 0 Å². The largest absolute Gasteiger partial charge is 0.340 e. The number of hydrogen-bond acceptors (Lipinski definition) is 3. The van der Waals surface area contributed by atoms with Gasteiger partial charge in [0, 0.05) is 37.6 Å². The Labute approximate surface area is 170 Å². The normalized spacial score (nSPS) is 28.7. The molecule has 4 rings (SSSR count). The number of fused-ring (bicyclic) bond motifs is 2. The number of amides is 1. The number of nitrogens with zero attached hydrogens (tertiary/aromatic N) is 2. The van der Waals surface area contributed by atoms with E-state index in [1.165, 1.54) is 42.1 Å². The third-order valence-electron chi connectivity index (χ3n) is 6.42. The number of benzene rings is 1. The average molecular weight is 431 g/mol. The van der Waals surface area contributed by atoms with Crippen LogP contribution in [0.1, 0.15) is 32.1 Å². The van der Waals surface area contributed by atoms with Crippen molar-refractivity contribution in [1.82, 2.24) is 9.21 Å². The van der Waals surface area contributed by atoms with Crippen LogP contribution in [0.5, 0.6) is 0 Å². The summed E-state index contributed by atoms with van der Waals surface area (Å²) in [5.74, 6) is 2.26. The second-order valence-electron chi connectivity index (χ2n) is 8.00. The lowest BCUT2D eigenvalue weighted by Gasteiger charge is -2.35. The van der Waals surface area contributed by atoms with Crippen LogP contribution in [-0.4, -0.2) is 49.7 Å². The number of halogens is 2. The molecule has 1 saturated heterocycles. The molecule has 0 N–H and O–H groups in total. The van der Waals surface area contributed by atoms with Crippen LogP contribution in [0.2, 0.25) is 10.0 Å². The first-order valence-electron chi connectivity index (χ1n) is 9.57. The van der Waals surface area contributed by atoms with Crippen LogP contribution in [0.15, 0.2) is 23.1 Å². The van der Waals surface area contributed by atoms with Crippen molar-refractivity contribution in [3.63, 3.8) is 0 Å². The summed E-state index contributed by atoms with van der Waals surface area (Å²) in [7, 11) is -3.71. The molecule has 3 atom stereocenters. The van der Waals surface area contributed by atoms with Crippen LogP contribution >= 0.6 is 23.2 Å². The second kappa shape index (κ2) is 7.54. The smallest absolute Gasteiger partial charge is 0.244 e. The van der Waals surface area contributed by atoms with E-state index in [1.54, 1.807) is 6.07 Å². The highest BCUT2D eigenvalue weighted by Crippen LogP contribution is 2.49. The minimum atomic E-state index is -3.71. The summed E-state index contributed by atoms with van der Waals surface area (Å²) in [6, 6.07) is 4.44. The molecule has 3 aliphatic rings. The lowest BCUT2D eigenvalue weighted by Crippen LogP contribution is -2.50. The Kier molecular flexibility index (Phi) is 5.45. The highest BCUT2D eigenvalue weighted by Gasteiger charge is 2.41. The second-order valence-corrected chi connectivity index (χ2v) is 10.7. The topological polar surface area (TPSA) is 57.7 Å². The van der Waals surface area contributed by atoms with Crippen molar-refractivity contribution in [2.45, 2.75) is 37.0 Å². The first kappa shape index (κ1) is 19.5. The van der Waals surface area contributed by atoms with Crippen molar-refractivity contribution >= 4 is 39.1 Å². The first-order valence-corrected chi connectivity index (χ1v) is 11.8. The average Bonchev–Trinajstić information content (AvgIpc) is 3.27. The summed E-state index contributed by atoms with van der Waals surface area (Å²) in [5.41, 5.74) is 0. The molecule has 3 fully saturated rings. The molecule has 0 aromatic heterocycles. The minimum absolute atomic E-state index is 0.0263. The van der Waals surface area contributed by atoms with Crippen molar-refractivity contribution < 1.29 is 13.2 Å². The zero-order valence-corrected chi connectivity index (χ0v) is 17.4. The van der Waals surface area contributed by atoms with Crippen LogP contribution in [0, 0.1) is 17.8 Å². The highest BCUT2D eigenvalue weighted by molar-refractivity contribution is 7.89. The van der Waals surface area contributed by atoms with Crippen LogP contribution in [-0.2, 0) is 14.8 Å². The lowest BCUT2D eigenvalue weighted by molar-refractivity contribution is -0.133. The quantitative estimate of drug-likeness (QED) is 0.731. The van der Waals surface area contributed by atoms with Gasteiger partial charge in [-0.1, -0.05) is 29.6 Å². The highest BCUT2D eigenvalue weighted by atomic mass is 35.5. The molecule has 2 bridgehead atoms. The molecule has 0 unspecified atom stereocenters. The van der Waals surface area contributed by atoms with Gasteiger partial charge in [-0.3, -0.25) is 4.79 Å². The summed E-state index contributed by atoms with van der Waals surface area (Å²) in [6.45, 7) is 1.43. The molecule has 5 nitrogen and oxygen atoms in total. The monoisotopic (exact) mass is 430 g/mol. The van der Waals surface area contributed by atoms with Gasteiger partial charge < -0.3 is 4.90 Å². The predicted octanol–water partition coefficient (Wildman–Crippen LogP) is 3.65. The Bertz CT molecular complexity index is 837. The maximum absolute atomic E-state index is 12.9. The van der Waals surface area contributed by atoms with Gasteiger partial charge in [0.15, 0.2) is 0 Å². The van der Waals surface area contributed by atoms with Crippen molar-refractivity contribution in [2.24, 2.45) is 17.8 Å². The number of piperazine rings is 1. The molecule has 2 aliphatic carbocycles. The molecule has 8 heteroatoms. The molecular weight excluding hydrogens is 407 g/mol. The first-order chi connectivity index (χ1) is 12.8. The predicted molar refractivity (Wildman–Crippen MR) is 105 cm³/mol. The van der Waals surface area contributed by atoms with Gasteiger partial charge in [0.05, 0.1) is 5.02 Å². The molecular formula is C19H24Cl2N2O3S. The van der Waals surface area contributed by atoms with E-state index in [0.717, 1.165) is 11.8 Å². The van der Waals surface area contributed by atoms with Gasteiger partial charge in [0.1, 0.15) is 4.90 Å². The Morgan fingerprint density at radius 3 is 2.44 bits per heavy atom. The van der Waals surface area contributed by atoms with E-state index in [0.29, 0.717) is 30.5 Å². The minimum Gasteiger partial charge on any atom is -0.340 e. The number of hydrogen-bond donors (Lipinski definition) is 0. The molecule has 0 spiro atoms. The summed E-state index contributed by atoms with van der Waals surface area (Å²) >= 11 is 12.0. The Hall–Kier alpha value is -0.820. The maximum Gasteiger partial charge on any atom is 0.244 e. The molecule has 148 valence electrons. The molecule has 1 aromatic carbocycles. The molecule has 1 aromatic rings. The van der Waals surface area contributed by atoms with Crippen molar-refractivity contribution in [3.05, 3.63) is 28.2 Å². The molecule has 2 saturated carbocycles. The molecule has 0 radical (unpaired) electrons. The van der Waals surface area contributed by atoms with E-state index in [-0.39, 0.29) is 28.9 Å². The van der Waals surface area contributed by atoms with Crippen LogP contribution in [0.3, 0.4) is 0 Å². The summed E-state index contributed by atoms with van der Waals surface area (Å²) in [5, 5.41) is 0.492. The number of carbonyl (C=O) groups excluding carboxylic acids is 1. The number of rotatable bonds is 4. The van der Waals surface area contributed by atoms with E-state index >= 15 is 0 Å². The van der Waals surface area contributed by atoms with Gasteiger partial charge in [-0.05, 0) is 55.2 Å². The van der Waals surface area contributed by atoms with Gasteiger partial charge in [-0.15, -0.1) is 0 Å². The SMILES string of the molecule is O=C(C[C@@H]1C[C@H]2CC[C@H]1C2)N1CCN(S(=O)(=O)c2cc(Cl)ccc2Cl)CC1. The molecule has 1 aliphatic heterocycles. The fourth-order valence-electron chi connectivity index (χ4n) is 4.97. The maximum atomic E-state index is 12.9. The zero-order valence-electron chi connectivity index (χ0n) is 15.1. The Morgan fingerprint density at radius 1 is 1.07 bits per heavy atom. The van der Waals surface area contributed by atoms with E-state index in [2.05, 4.69) is 0 Å². The van der Waals surface area contributed by atoms with Crippen LogP contribution in [0.25, 0.3) is 0 Å². The summed E-state index contributed by atoms with van der Waals surface area (Å²) in [4.78, 5) is 14.5. The number of sulfonamides is 1. The van der Waals surface area contributed by atoms with Gasteiger partial charge in [0.25, 0.3) is 0 Å². The summed E-state index contributed by atoms with van der Waals surface area (Å²) in [6.07, 6.45) is 5.71. The van der Waals surface area contributed by atoms with Crippen molar-refractivity contribution in [3.8, 4) is 0 Å². The third-order valence-corrected chi connectivity index (χ3v) is 9.04. The molecule has 1 heterocycles. The van der Waals surface area contributed by atoms with E-state index in [9.17, 15) is 13.2 Å². The van der Waals surface area contributed by atoms with Gasteiger partial charge in [-0.25, -0.2) is 8.42 Å². The summed E-state index contributed by atoms with van der Waals surface area (Å²) < 4.78 is 27.2. The third kappa shape index (κ3) is 3.86. The van der Waals surface area contributed by atoms with E-state index in [4.69, 9.17) is 23.2 Å². The molecule has 1 amide bonds. The Balaban J connectivity index is 1.37.